The van der Waals surface area contributed by atoms with Gasteiger partial charge in [0, 0.05) is 47.2 Å². The topological polar surface area (TPSA) is 94.4 Å². The molecule has 10 heteroatoms. The first kappa shape index (κ1) is 30.0. The van der Waals surface area contributed by atoms with Crippen LogP contribution in [-0.4, -0.2) is 44.1 Å². The highest BCUT2D eigenvalue weighted by molar-refractivity contribution is 6.34. The van der Waals surface area contributed by atoms with Gasteiger partial charge in [-0.3, -0.25) is 9.59 Å². The summed E-state index contributed by atoms with van der Waals surface area (Å²) in [4.78, 5) is 31.3. The van der Waals surface area contributed by atoms with Crippen LogP contribution in [0.5, 0.6) is 0 Å². The lowest BCUT2D eigenvalue weighted by molar-refractivity contribution is 0.0661. The van der Waals surface area contributed by atoms with Crippen LogP contribution in [0.4, 0.5) is 0 Å². The average molecular weight is 654 g/mol. The second-order valence-corrected chi connectivity index (χ2v) is 12.3. The Balaban J connectivity index is 1.39. The Morgan fingerprint density at radius 1 is 0.826 bits per heavy atom. The lowest BCUT2D eigenvalue weighted by atomic mass is 9.85. The highest BCUT2D eigenvalue weighted by Crippen LogP contribution is 2.43. The summed E-state index contributed by atoms with van der Waals surface area (Å²) in [6.45, 7) is 6.59. The van der Waals surface area contributed by atoms with E-state index in [1.54, 1.807) is 43.0 Å². The highest BCUT2D eigenvalue weighted by atomic mass is 35.5. The molecule has 1 aliphatic heterocycles. The summed E-state index contributed by atoms with van der Waals surface area (Å²) >= 11 is 13.1. The third-order valence-corrected chi connectivity index (χ3v) is 9.59. The van der Waals surface area contributed by atoms with Crippen LogP contribution < -0.4 is 0 Å². The third kappa shape index (κ3) is 4.84. The molecule has 0 radical (unpaired) electrons. The summed E-state index contributed by atoms with van der Waals surface area (Å²) in [5, 5.41) is 10.4. The van der Waals surface area contributed by atoms with Crippen molar-refractivity contribution in [2.24, 2.45) is 0 Å². The molecule has 0 saturated carbocycles. The Kier molecular flexibility index (Phi) is 7.79. The molecule has 4 heterocycles. The smallest absolute Gasteiger partial charge is 0.260 e. The van der Waals surface area contributed by atoms with Gasteiger partial charge < -0.3 is 18.5 Å². The molecule has 7 rings (SSSR count). The molecule has 2 unspecified atom stereocenters. The van der Waals surface area contributed by atoms with E-state index in [0.717, 1.165) is 23.0 Å². The first-order valence-electron chi connectivity index (χ1n) is 15.1. The Hall–Kier alpha value is -4.66. The summed E-state index contributed by atoms with van der Waals surface area (Å²) in [7, 11) is 0. The van der Waals surface area contributed by atoms with Gasteiger partial charge in [0.15, 0.2) is 5.78 Å². The molecule has 3 aromatic carbocycles. The number of aryl methyl sites for hydroxylation is 3. The van der Waals surface area contributed by atoms with E-state index in [1.807, 2.05) is 36.4 Å². The molecule has 0 spiro atoms. The van der Waals surface area contributed by atoms with Gasteiger partial charge in [0.2, 0.25) is 0 Å². The molecule has 1 fully saturated rings. The number of nitrogens with zero attached hydrogens (tertiary/aromatic N) is 4. The SMILES string of the molecule is CCn1cc(C2CCN(C(=O)c3c(-c4ccccc4Cl)noc3C)C2C(=O)c2c(-c3ccccc3Cl)noc2C)c2ccccc21. The molecule has 1 amide bonds. The van der Waals surface area contributed by atoms with E-state index in [0.29, 0.717) is 62.6 Å². The largest absolute Gasteiger partial charge is 0.360 e. The summed E-state index contributed by atoms with van der Waals surface area (Å²) in [5.41, 5.74) is 4.49. The lowest BCUT2D eigenvalue weighted by Gasteiger charge is -2.27. The first-order chi connectivity index (χ1) is 22.3. The maximum absolute atomic E-state index is 15.0. The van der Waals surface area contributed by atoms with Gasteiger partial charge in [-0.1, -0.05) is 88.1 Å². The van der Waals surface area contributed by atoms with Gasteiger partial charge in [-0.05, 0) is 51.0 Å². The van der Waals surface area contributed by atoms with Crippen molar-refractivity contribution in [3.63, 3.8) is 0 Å². The van der Waals surface area contributed by atoms with Crippen molar-refractivity contribution in [1.29, 1.82) is 0 Å². The molecule has 0 bridgehead atoms. The van der Waals surface area contributed by atoms with Gasteiger partial charge >= 0.3 is 0 Å². The van der Waals surface area contributed by atoms with Crippen LogP contribution in [0.3, 0.4) is 0 Å². The normalized spacial score (nSPS) is 16.4. The molecule has 3 aromatic heterocycles. The molecule has 1 saturated heterocycles. The predicted octanol–water partition coefficient (Wildman–Crippen LogP) is 8.78. The second-order valence-electron chi connectivity index (χ2n) is 11.5. The predicted molar refractivity (Wildman–Crippen MR) is 177 cm³/mol. The monoisotopic (exact) mass is 652 g/mol. The van der Waals surface area contributed by atoms with E-state index in [1.165, 1.54) is 0 Å². The maximum atomic E-state index is 15.0. The van der Waals surface area contributed by atoms with Crippen LogP contribution in [0, 0.1) is 13.8 Å². The van der Waals surface area contributed by atoms with E-state index >= 15 is 4.79 Å². The number of ketones is 1. The van der Waals surface area contributed by atoms with Crippen LogP contribution in [0.1, 0.15) is 57.1 Å². The number of rotatable bonds is 7. The zero-order valence-electron chi connectivity index (χ0n) is 25.5. The summed E-state index contributed by atoms with van der Waals surface area (Å²) in [6.07, 6.45) is 2.68. The van der Waals surface area contributed by atoms with E-state index in [2.05, 4.69) is 40.1 Å². The minimum absolute atomic E-state index is 0.272. The fraction of sp³-hybridized carbons (Fsp3) is 0.222. The molecule has 0 N–H and O–H groups in total. The summed E-state index contributed by atoms with van der Waals surface area (Å²) < 4.78 is 13.4. The molecule has 2 atom stereocenters. The van der Waals surface area contributed by atoms with Crippen LogP contribution in [0.25, 0.3) is 33.4 Å². The molecule has 0 aliphatic carbocycles. The van der Waals surface area contributed by atoms with Crippen molar-refractivity contribution in [2.45, 2.75) is 45.7 Å². The van der Waals surface area contributed by atoms with Gasteiger partial charge in [0.25, 0.3) is 5.91 Å². The number of hydrogen-bond donors (Lipinski definition) is 0. The molecule has 1 aliphatic rings. The Morgan fingerprint density at radius 3 is 2.02 bits per heavy atom. The summed E-state index contributed by atoms with van der Waals surface area (Å²) in [5.74, 6) is -0.248. The number of benzene rings is 3. The number of para-hydroxylation sites is 1. The molecular formula is C36H30Cl2N4O4. The third-order valence-electron chi connectivity index (χ3n) is 8.93. The summed E-state index contributed by atoms with van der Waals surface area (Å²) in [6, 6.07) is 21.6. The Morgan fingerprint density at radius 2 is 1.39 bits per heavy atom. The molecular weight excluding hydrogens is 623 g/mol. The van der Waals surface area contributed by atoms with E-state index < -0.39 is 6.04 Å². The van der Waals surface area contributed by atoms with Crippen molar-refractivity contribution < 1.29 is 18.6 Å². The number of halogens is 2. The number of hydrogen-bond acceptors (Lipinski definition) is 6. The van der Waals surface area contributed by atoms with Gasteiger partial charge in [-0.2, -0.15) is 0 Å². The lowest BCUT2D eigenvalue weighted by Crippen LogP contribution is -2.43. The molecule has 6 aromatic rings. The Bertz CT molecular complexity index is 2130. The van der Waals surface area contributed by atoms with Crippen LogP contribution in [-0.2, 0) is 6.54 Å². The number of amides is 1. The van der Waals surface area contributed by atoms with Crippen molar-refractivity contribution >= 4 is 45.8 Å². The standard InChI is InChI=1S/C36H30Cl2N4O4/c1-4-41-19-26(22-11-7-10-16-29(22)41)23-17-18-42(36(44)31-21(3)46-40-33(31)25-13-6-9-15-28(25)38)34(23)35(43)30-20(2)45-39-32(30)24-12-5-8-14-27(24)37/h5-16,19,23,34H,4,17-18H2,1-3H3. The number of fused-ring (bicyclic) bond motifs is 1. The second kappa shape index (κ2) is 11.9. The van der Waals surface area contributed by atoms with Crippen LogP contribution >= 0.6 is 23.2 Å². The minimum atomic E-state index is -0.878. The van der Waals surface area contributed by atoms with Gasteiger partial charge in [-0.25, -0.2) is 0 Å². The van der Waals surface area contributed by atoms with Gasteiger partial charge in [0.05, 0.1) is 15.6 Å². The number of likely N-dealkylation sites (tertiary alicyclic amines) is 1. The van der Waals surface area contributed by atoms with Crippen molar-refractivity contribution in [1.82, 2.24) is 19.8 Å². The van der Waals surface area contributed by atoms with E-state index in [4.69, 9.17) is 32.2 Å². The fourth-order valence-corrected chi connectivity index (χ4v) is 7.20. The molecule has 232 valence electrons. The highest BCUT2D eigenvalue weighted by Gasteiger charge is 2.47. The van der Waals surface area contributed by atoms with Crippen molar-refractivity contribution in [2.75, 3.05) is 6.54 Å². The van der Waals surface area contributed by atoms with Crippen molar-refractivity contribution in [3.8, 4) is 22.5 Å². The van der Waals surface area contributed by atoms with Gasteiger partial charge in [-0.15, -0.1) is 0 Å². The van der Waals surface area contributed by atoms with Crippen molar-refractivity contribution in [3.05, 3.63) is 117 Å². The number of carbonyl (C=O) groups is 2. The minimum Gasteiger partial charge on any atom is -0.360 e. The number of aromatic nitrogens is 3. The van der Waals surface area contributed by atoms with Crippen LogP contribution in [0.15, 0.2) is 88.0 Å². The molecule has 46 heavy (non-hydrogen) atoms. The van der Waals surface area contributed by atoms with E-state index in [-0.39, 0.29) is 23.2 Å². The zero-order chi connectivity index (χ0) is 32.1. The fourth-order valence-electron chi connectivity index (χ4n) is 6.75. The first-order valence-corrected chi connectivity index (χ1v) is 15.9. The maximum Gasteiger partial charge on any atom is 0.260 e. The molecule has 8 nitrogen and oxygen atoms in total. The number of Topliss-reactive ketones (excluding diaryl/α,β-unsaturated/α-hetero) is 1. The quantitative estimate of drug-likeness (QED) is 0.160. The van der Waals surface area contributed by atoms with E-state index in [9.17, 15) is 4.79 Å². The average Bonchev–Trinajstić information content (AvgIpc) is 3.84. The Labute approximate surface area is 275 Å². The number of carbonyl (C=O) groups excluding carboxylic acids is 2. The zero-order valence-corrected chi connectivity index (χ0v) is 27.0. The van der Waals surface area contributed by atoms with Gasteiger partial charge in [0.1, 0.15) is 34.5 Å². The van der Waals surface area contributed by atoms with Crippen LogP contribution in [0.2, 0.25) is 10.0 Å².